The zero-order valence-corrected chi connectivity index (χ0v) is 10.7. The van der Waals surface area contributed by atoms with E-state index in [2.05, 4.69) is 19.9 Å². The molecule has 1 aromatic rings. The molecule has 0 aromatic heterocycles. The number of nitrogens with two attached hydrogens (primary N) is 1. The highest BCUT2D eigenvalue weighted by Crippen LogP contribution is 2.49. The topological polar surface area (TPSA) is 49.9 Å². The van der Waals surface area contributed by atoms with Crippen molar-refractivity contribution in [2.75, 3.05) is 5.73 Å². The standard InChI is InChI=1S/C12H16N2.C2H6/c1-8-9(7-13)11(14)4-3-10(8)12(2)5-6-12;1-2/h3-4,7,13H,5-6,14H2,1-2H3;1-2H3. The highest BCUT2D eigenvalue weighted by atomic mass is 14.6. The van der Waals surface area contributed by atoms with Crippen LogP contribution in [0, 0.1) is 12.3 Å². The van der Waals surface area contributed by atoms with Crippen LogP contribution in [-0.4, -0.2) is 6.21 Å². The van der Waals surface area contributed by atoms with Crippen LogP contribution in [-0.2, 0) is 5.41 Å². The molecule has 88 valence electrons. The molecule has 2 nitrogen and oxygen atoms in total. The van der Waals surface area contributed by atoms with Crippen LogP contribution in [0.2, 0.25) is 0 Å². The summed E-state index contributed by atoms with van der Waals surface area (Å²) in [4.78, 5) is 0. The molecular weight excluding hydrogens is 196 g/mol. The summed E-state index contributed by atoms with van der Waals surface area (Å²) in [5, 5.41) is 7.34. The van der Waals surface area contributed by atoms with Gasteiger partial charge in [0.1, 0.15) is 0 Å². The third kappa shape index (κ3) is 2.11. The van der Waals surface area contributed by atoms with E-state index in [0.717, 1.165) is 5.56 Å². The zero-order chi connectivity index (χ0) is 12.3. The lowest BCUT2D eigenvalue weighted by molar-refractivity contribution is 0.779. The second-order valence-electron chi connectivity index (χ2n) is 4.45. The highest BCUT2D eigenvalue weighted by molar-refractivity contribution is 5.87. The lowest BCUT2D eigenvalue weighted by Gasteiger charge is -2.15. The van der Waals surface area contributed by atoms with Gasteiger partial charge in [0.25, 0.3) is 0 Å². The first kappa shape index (κ1) is 12.8. The Labute approximate surface area is 98.4 Å². The molecule has 2 rings (SSSR count). The van der Waals surface area contributed by atoms with Gasteiger partial charge in [0.15, 0.2) is 0 Å². The summed E-state index contributed by atoms with van der Waals surface area (Å²) < 4.78 is 0. The number of hydrogen-bond donors (Lipinski definition) is 2. The van der Waals surface area contributed by atoms with Crippen molar-refractivity contribution in [3.05, 3.63) is 28.8 Å². The van der Waals surface area contributed by atoms with Crippen molar-refractivity contribution in [2.24, 2.45) is 0 Å². The molecule has 0 spiro atoms. The van der Waals surface area contributed by atoms with Gasteiger partial charge < -0.3 is 11.1 Å². The molecule has 0 radical (unpaired) electrons. The van der Waals surface area contributed by atoms with Crippen molar-refractivity contribution in [3.8, 4) is 0 Å². The predicted molar refractivity (Wildman–Crippen MR) is 71.4 cm³/mol. The molecule has 0 amide bonds. The van der Waals surface area contributed by atoms with E-state index in [0.29, 0.717) is 11.1 Å². The number of nitrogens with one attached hydrogen (secondary N) is 1. The van der Waals surface area contributed by atoms with E-state index < -0.39 is 0 Å². The van der Waals surface area contributed by atoms with Gasteiger partial charge in [0.05, 0.1) is 0 Å². The minimum absolute atomic E-state index is 0.357. The Hall–Kier alpha value is -1.31. The van der Waals surface area contributed by atoms with Crippen LogP contribution in [0.5, 0.6) is 0 Å². The largest absolute Gasteiger partial charge is 0.398 e. The molecule has 1 aliphatic rings. The molecule has 0 aliphatic heterocycles. The molecular formula is C14H22N2. The van der Waals surface area contributed by atoms with E-state index in [-0.39, 0.29) is 0 Å². The number of benzene rings is 1. The van der Waals surface area contributed by atoms with Gasteiger partial charge in [-0.05, 0) is 42.4 Å². The van der Waals surface area contributed by atoms with Crippen molar-refractivity contribution < 1.29 is 0 Å². The van der Waals surface area contributed by atoms with Gasteiger partial charge in [-0.25, -0.2) is 0 Å². The molecule has 1 saturated carbocycles. The van der Waals surface area contributed by atoms with Gasteiger partial charge in [-0.1, -0.05) is 26.8 Å². The van der Waals surface area contributed by atoms with Crippen molar-refractivity contribution in [1.29, 1.82) is 5.41 Å². The number of nitrogen functional groups attached to an aromatic ring is 1. The second kappa shape index (κ2) is 4.69. The first-order valence-electron chi connectivity index (χ1n) is 5.98. The SMILES string of the molecule is CC.Cc1c(C2(C)CC2)ccc(N)c1C=N. The van der Waals surface area contributed by atoms with E-state index in [1.54, 1.807) is 0 Å². The average Bonchev–Trinajstić information content (AvgIpc) is 3.01. The van der Waals surface area contributed by atoms with E-state index in [1.807, 2.05) is 19.9 Å². The van der Waals surface area contributed by atoms with Crippen LogP contribution in [0.3, 0.4) is 0 Å². The number of hydrogen-bond acceptors (Lipinski definition) is 2. The summed E-state index contributed by atoms with van der Waals surface area (Å²) in [5.74, 6) is 0. The van der Waals surface area contributed by atoms with E-state index in [4.69, 9.17) is 11.1 Å². The lowest BCUT2D eigenvalue weighted by atomic mass is 9.90. The quantitative estimate of drug-likeness (QED) is 0.577. The molecule has 3 N–H and O–H groups in total. The van der Waals surface area contributed by atoms with Crippen LogP contribution in [0.25, 0.3) is 0 Å². The molecule has 0 unspecified atom stereocenters. The average molecular weight is 218 g/mol. The molecule has 0 bridgehead atoms. The Balaban J connectivity index is 0.000000606. The molecule has 2 heteroatoms. The third-order valence-electron chi connectivity index (χ3n) is 3.34. The van der Waals surface area contributed by atoms with Crippen LogP contribution >= 0.6 is 0 Å². The third-order valence-corrected chi connectivity index (χ3v) is 3.34. The Kier molecular flexibility index (Phi) is 3.74. The number of anilines is 1. The van der Waals surface area contributed by atoms with E-state index in [9.17, 15) is 0 Å². The van der Waals surface area contributed by atoms with Crippen LogP contribution in [0.1, 0.15) is 50.3 Å². The molecule has 0 heterocycles. The summed E-state index contributed by atoms with van der Waals surface area (Å²) in [6.45, 7) is 8.34. The fourth-order valence-electron chi connectivity index (χ4n) is 2.05. The molecule has 0 atom stereocenters. The summed E-state index contributed by atoms with van der Waals surface area (Å²) in [5.41, 5.74) is 10.3. The van der Waals surface area contributed by atoms with Gasteiger partial charge in [0, 0.05) is 17.5 Å². The van der Waals surface area contributed by atoms with Crippen molar-refractivity contribution in [3.63, 3.8) is 0 Å². The van der Waals surface area contributed by atoms with Gasteiger partial charge >= 0.3 is 0 Å². The minimum atomic E-state index is 0.357. The first-order chi connectivity index (χ1) is 7.58. The second-order valence-corrected chi connectivity index (χ2v) is 4.45. The van der Waals surface area contributed by atoms with E-state index in [1.165, 1.54) is 30.2 Å². The summed E-state index contributed by atoms with van der Waals surface area (Å²) in [6, 6.07) is 4.04. The Bertz CT molecular complexity index is 390. The van der Waals surface area contributed by atoms with Gasteiger partial charge in [-0.2, -0.15) is 0 Å². The molecule has 1 aromatic carbocycles. The van der Waals surface area contributed by atoms with Gasteiger partial charge in [0.2, 0.25) is 0 Å². The summed E-state index contributed by atoms with van der Waals surface area (Å²) in [7, 11) is 0. The zero-order valence-electron chi connectivity index (χ0n) is 10.7. The highest BCUT2D eigenvalue weighted by Gasteiger charge is 2.40. The van der Waals surface area contributed by atoms with Crippen LogP contribution in [0.4, 0.5) is 5.69 Å². The first-order valence-corrected chi connectivity index (χ1v) is 5.98. The Morgan fingerprint density at radius 2 is 1.88 bits per heavy atom. The summed E-state index contributed by atoms with van der Waals surface area (Å²) >= 11 is 0. The predicted octanol–water partition coefficient (Wildman–Crippen LogP) is 3.65. The maximum absolute atomic E-state index is 7.34. The van der Waals surface area contributed by atoms with Crippen molar-refractivity contribution >= 4 is 11.9 Å². The van der Waals surface area contributed by atoms with Crippen molar-refractivity contribution in [2.45, 2.75) is 46.0 Å². The van der Waals surface area contributed by atoms with Crippen molar-refractivity contribution in [1.82, 2.24) is 0 Å². The van der Waals surface area contributed by atoms with E-state index >= 15 is 0 Å². The summed E-state index contributed by atoms with van der Waals surface area (Å²) in [6.07, 6.45) is 3.88. The van der Waals surface area contributed by atoms with Gasteiger partial charge in [-0.3, -0.25) is 0 Å². The van der Waals surface area contributed by atoms with Crippen LogP contribution < -0.4 is 5.73 Å². The molecule has 0 saturated heterocycles. The Morgan fingerprint density at radius 1 is 1.31 bits per heavy atom. The maximum atomic E-state index is 7.34. The molecule has 16 heavy (non-hydrogen) atoms. The fourth-order valence-corrected chi connectivity index (χ4v) is 2.05. The minimum Gasteiger partial charge on any atom is -0.398 e. The molecule has 1 aliphatic carbocycles. The fraction of sp³-hybridized carbons (Fsp3) is 0.500. The smallest absolute Gasteiger partial charge is 0.0405 e. The Morgan fingerprint density at radius 3 is 2.31 bits per heavy atom. The number of rotatable bonds is 2. The molecule has 1 fully saturated rings. The monoisotopic (exact) mass is 218 g/mol. The van der Waals surface area contributed by atoms with Crippen LogP contribution in [0.15, 0.2) is 12.1 Å². The lowest BCUT2D eigenvalue weighted by Crippen LogP contribution is -2.07. The van der Waals surface area contributed by atoms with Gasteiger partial charge in [-0.15, -0.1) is 0 Å². The normalized spacial score (nSPS) is 16.0. The maximum Gasteiger partial charge on any atom is 0.0405 e.